The summed E-state index contributed by atoms with van der Waals surface area (Å²) >= 11 is 0. The minimum Gasteiger partial charge on any atom is -0.396 e. The minimum atomic E-state index is -3.69. The number of nitrogens with zero attached hydrogens (tertiary/aromatic N) is 1. The largest absolute Gasteiger partial charge is 0.396 e. The highest BCUT2D eigenvalue weighted by Gasteiger charge is 2.25. The first-order chi connectivity index (χ1) is 9.44. The van der Waals surface area contributed by atoms with Crippen LogP contribution in [0.5, 0.6) is 0 Å². The Kier molecular flexibility index (Phi) is 4.62. The molecule has 7 heteroatoms. The number of nitrogen functional groups attached to an aromatic ring is 1. The summed E-state index contributed by atoms with van der Waals surface area (Å²) in [5.74, 6) is -0.719. The van der Waals surface area contributed by atoms with Gasteiger partial charge in [-0.1, -0.05) is 6.92 Å². The van der Waals surface area contributed by atoms with Crippen molar-refractivity contribution in [1.29, 1.82) is 0 Å². The smallest absolute Gasteiger partial charge is 0.240 e. The molecule has 5 nitrogen and oxygen atoms in total. The second-order valence-corrected chi connectivity index (χ2v) is 6.73. The van der Waals surface area contributed by atoms with Crippen molar-refractivity contribution in [3.05, 3.63) is 24.0 Å². The predicted molar refractivity (Wildman–Crippen MR) is 76.3 cm³/mol. The van der Waals surface area contributed by atoms with Crippen molar-refractivity contribution >= 4 is 15.7 Å². The van der Waals surface area contributed by atoms with Gasteiger partial charge >= 0.3 is 0 Å². The van der Waals surface area contributed by atoms with Crippen LogP contribution in [0.2, 0.25) is 0 Å². The zero-order valence-electron chi connectivity index (χ0n) is 11.5. The van der Waals surface area contributed by atoms with Crippen molar-refractivity contribution < 1.29 is 12.8 Å². The highest BCUT2D eigenvalue weighted by molar-refractivity contribution is 7.89. The van der Waals surface area contributed by atoms with E-state index in [0.29, 0.717) is 6.54 Å². The number of nitrogens with one attached hydrogen (secondary N) is 1. The minimum absolute atomic E-state index is 0.0584. The molecule has 1 aliphatic heterocycles. The maximum atomic E-state index is 13.3. The molecule has 0 aliphatic carbocycles. The van der Waals surface area contributed by atoms with Gasteiger partial charge in [0.25, 0.3) is 0 Å². The maximum absolute atomic E-state index is 13.3. The summed E-state index contributed by atoms with van der Waals surface area (Å²) in [7, 11) is -3.69. The average molecular weight is 301 g/mol. The summed E-state index contributed by atoms with van der Waals surface area (Å²) in [6.07, 6.45) is 2.06. The number of anilines is 1. The topological polar surface area (TPSA) is 75.4 Å². The highest BCUT2D eigenvalue weighted by atomic mass is 32.2. The van der Waals surface area contributed by atoms with Crippen molar-refractivity contribution in [2.24, 2.45) is 0 Å². The van der Waals surface area contributed by atoms with Gasteiger partial charge in [-0.05, 0) is 44.1 Å². The zero-order chi connectivity index (χ0) is 14.8. The lowest BCUT2D eigenvalue weighted by Crippen LogP contribution is -2.40. The SMILES string of the molecule is CCN1CCCC1CNS(=O)(=O)c1ccc(N)c(F)c1. The number of nitrogens with two attached hydrogens (primary N) is 1. The van der Waals surface area contributed by atoms with Crippen molar-refractivity contribution in [3.8, 4) is 0 Å². The number of halogens is 1. The van der Waals surface area contributed by atoms with E-state index in [-0.39, 0.29) is 16.6 Å². The summed E-state index contributed by atoms with van der Waals surface area (Å²) in [6, 6.07) is 3.74. The first-order valence-electron chi connectivity index (χ1n) is 6.73. The Morgan fingerprint density at radius 2 is 2.25 bits per heavy atom. The van der Waals surface area contributed by atoms with Crippen LogP contribution in [0.4, 0.5) is 10.1 Å². The Morgan fingerprint density at radius 1 is 1.50 bits per heavy atom. The number of sulfonamides is 1. The molecule has 112 valence electrons. The van der Waals surface area contributed by atoms with Gasteiger partial charge in [0, 0.05) is 12.6 Å². The van der Waals surface area contributed by atoms with Crippen LogP contribution in [0.25, 0.3) is 0 Å². The first-order valence-corrected chi connectivity index (χ1v) is 8.21. The van der Waals surface area contributed by atoms with Crippen LogP contribution in [-0.2, 0) is 10.0 Å². The average Bonchev–Trinajstić information content (AvgIpc) is 2.87. The van der Waals surface area contributed by atoms with E-state index in [4.69, 9.17) is 5.73 Å². The Hall–Kier alpha value is -1.18. The molecule has 0 aromatic heterocycles. The molecule has 0 saturated carbocycles. The number of likely N-dealkylation sites (N-methyl/N-ethyl adjacent to an activating group) is 1. The van der Waals surface area contributed by atoms with E-state index in [9.17, 15) is 12.8 Å². The molecule has 20 heavy (non-hydrogen) atoms. The molecule has 1 aliphatic rings. The van der Waals surface area contributed by atoms with Crippen LogP contribution in [0, 0.1) is 5.82 Å². The molecule has 1 atom stereocenters. The molecule has 0 spiro atoms. The van der Waals surface area contributed by atoms with Gasteiger partial charge in [0.05, 0.1) is 10.6 Å². The van der Waals surface area contributed by atoms with Gasteiger partial charge in [0.2, 0.25) is 10.0 Å². The molecule has 0 amide bonds. The van der Waals surface area contributed by atoms with E-state index < -0.39 is 15.8 Å². The molecule has 1 aromatic carbocycles. The first kappa shape index (κ1) is 15.2. The fourth-order valence-corrected chi connectivity index (χ4v) is 3.59. The zero-order valence-corrected chi connectivity index (χ0v) is 12.3. The van der Waals surface area contributed by atoms with Crippen LogP contribution in [-0.4, -0.2) is 39.0 Å². The van der Waals surface area contributed by atoms with E-state index in [2.05, 4.69) is 16.5 Å². The summed E-state index contributed by atoms with van der Waals surface area (Å²) < 4.78 is 40.1. The van der Waals surface area contributed by atoms with Gasteiger partial charge in [-0.2, -0.15) is 0 Å². The Morgan fingerprint density at radius 3 is 2.90 bits per heavy atom. The molecule has 2 rings (SSSR count). The molecule has 1 fully saturated rings. The lowest BCUT2D eigenvalue weighted by molar-refractivity contribution is 0.268. The predicted octanol–water partition coefficient (Wildman–Crippen LogP) is 1.17. The third kappa shape index (κ3) is 3.28. The van der Waals surface area contributed by atoms with Gasteiger partial charge < -0.3 is 5.73 Å². The van der Waals surface area contributed by atoms with E-state index in [1.165, 1.54) is 12.1 Å². The van der Waals surface area contributed by atoms with Gasteiger partial charge in [0.15, 0.2) is 0 Å². The van der Waals surface area contributed by atoms with Gasteiger partial charge in [-0.25, -0.2) is 17.5 Å². The van der Waals surface area contributed by atoms with E-state index in [1.54, 1.807) is 0 Å². The monoisotopic (exact) mass is 301 g/mol. The molecule has 0 radical (unpaired) electrons. The Bertz CT molecular complexity index is 577. The molecule has 1 aromatic rings. The molecular weight excluding hydrogens is 281 g/mol. The molecule has 0 bridgehead atoms. The van der Waals surface area contributed by atoms with E-state index >= 15 is 0 Å². The van der Waals surface area contributed by atoms with Crippen molar-refractivity contribution in [2.45, 2.75) is 30.7 Å². The highest BCUT2D eigenvalue weighted by Crippen LogP contribution is 2.18. The third-order valence-electron chi connectivity index (χ3n) is 3.70. The molecule has 1 unspecified atom stereocenters. The van der Waals surface area contributed by atoms with Gasteiger partial charge in [-0.15, -0.1) is 0 Å². The van der Waals surface area contributed by atoms with Crippen LogP contribution < -0.4 is 10.5 Å². The Balaban J connectivity index is 2.05. The second-order valence-electron chi connectivity index (χ2n) is 4.96. The van der Waals surface area contributed by atoms with Gasteiger partial charge in [-0.3, -0.25) is 4.90 Å². The van der Waals surface area contributed by atoms with Crippen LogP contribution in [0.3, 0.4) is 0 Å². The van der Waals surface area contributed by atoms with Crippen LogP contribution >= 0.6 is 0 Å². The molecule has 1 saturated heterocycles. The summed E-state index contributed by atoms with van der Waals surface area (Å²) in [5, 5.41) is 0. The van der Waals surface area contributed by atoms with Crippen molar-refractivity contribution in [2.75, 3.05) is 25.4 Å². The summed E-state index contributed by atoms with van der Waals surface area (Å²) in [5.41, 5.74) is 5.29. The lowest BCUT2D eigenvalue weighted by atomic mass is 10.2. The van der Waals surface area contributed by atoms with E-state index in [0.717, 1.165) is 32.0 Å². The molecular formula is C13H20FN3O2S. The standard InChI is InChI=1S/C13H20FN3O2S/c1-2-17-7-3-4-10(17)9-16-20(18,19)11-5-6-13(15)12(14)8-11/h5-6,8,10,16H,2-4,7,9,15H2,1H3. The second kappa shape index (κ2) is 6.07. The molecule has 1 heterocycles. The van der Waals surface area contributed by atoms with Crippen LogP contribution in [0.15, 0.2) is 23.1 Å². The fraction of sp³-hybridized carbons (Fsp3) is 0.538. The Labute approximate surface area is 119 Å². The van der Waals surface area contributed by atoms with Crippen LogP contribution in [0.1, 0.15) is 19.8 Å². The summed E-state index contributed by atoms with van der Waals surface area (Å²) in [4.78, 5) is 2.15. The number of benzene rings is 1. The van der Waals surface area contributed by atoms with Crippen molar-refractivity contribution in [1.82, 2.24) is 9.62 Å². The lowest BCUT2D eigenvalue weighted by Gasteiger charge is -2.22. The number of hydrogen-bond donors (Lipinski definition) is 2. The quantitative estimate of drug-likeness (QED) is 0.801. The normalized spacial score (nSPS) is 20.4. The van der Waals surface area contributed by atoms with Gasteiger partial charge in [0.1, 0.15) is 5.82 Å². The number of hydrogen-bond acceptors (Lipinski definition) is 4. The molecule has 3 N–H and O–H groups in total. The van der Waals surface area contributed by atoms with E-state index in [1.807, 2.05) is 0 Å². The maximum Gasteiger partial charge on any atom is 0.240 e. The summed E-state index contributed by atoms with van der Waals surface area (Å²) in [6.45, 7) is 4.31. The fourth-order valence-electron chi connectivity index (χ4n) is 2.51. The number of rotatable bonds is 5. The third-order valence-corrected chi connectivity index (χ3v) is 5.12. The number of likely N-dealkylation sites (tertiary alicyclic amines) is 1. The van der Waals surface area contributed by atoms with Crippen molar-refractivity contribution in [3.63, 3.8) is 0 Å².